The summed E-state index contributed by atoms with van der Waals surface area (Å²) in [4.78, 5) is 82.1. The van der Waals surface area contributed by atoms with Crippen LogP contribution >= 0.6 is 0 Å². The van der Waals surface area contributed by atoms with E-state index in [4.69, 9.17) is 9.47 Å². The summed E-state index contributed by atoms with van der Waals surface area (Å²) in [5.74, 6) is -4.82. The second kappa shape index (κ2) is 29.1. The van der Waals surface area contributed by atoms with Gasteiger partial charge in [-0.05, 0) is 106 Å². The Morgan fingerprint density at radius 3 is 2.38 bits per heavy atom. The van der Waals surface area contributed by atoms with Gasteiger partial charge in [-0.3, -0.25) is 29.0 Å². The number of fused-ring (bicyclic) bond motifs is 2. The molecule has 77 heavy (non-hydrogen) atoms. The first kappa shape index (κ1) is 62.6. The number of phenolic OH excluding ortho intramolecular Hbond substituents is 1. The molecule has 1 spiro atoms. The zero-order chi connectivity index (χ0) is 56.7. The van der Waals surface area contributed by atoms with Crippen molar-refractivity contribution in [1.82, 2.24) is 26.4 Å². The number of Topliss-reactive ketones (excluding diaryl/α,β-unsaturated/α-hetero) is 1. The monoisotopic (exact) mass is 1070 g/mol. The van der Waals surface area contributed by atoms with Crippen molar-refractivity contribution < 1.29 is 58.7 Å². The molecule has 4 amide bonds. The van der Waals surface area contributed by atoms with E-state index in [0.29, 0.717) is 37.7 Å². The fraction of sp³-hybridized carbons (Fsp3) is 0.667. The Balaban J connectivity index is 1.34. The quantitative estimate of drug-likeness (QED) is 0.0697. The number of benzene rings is 1. The lowest BCUT2D eigenvalue weighted by Gasteiger charge is -2.55. The number of hydrazine groups is 1. The molecule has 16 atom stereocenters. The van der Waals surface area contributed by atoms with Gasteiger partial charge in [-0.15, -0.1) is 0 Å². The normalized spacial score (nSPS) is 34.3. The summed E-state index contributed by atoms with van der Waals surface area (Å²) < 4.78 is 13.0. The topological polar surface area (TPSA) is 253 Å². The maximum atomic E-state index is 14.5. The summed E-state index contributed by atoms with van der Waals surface area (Å²) in [5, 5.41) is 54.8. The number of aliphatic hydroxyl groups is 3. The number of piperidine rings is 1. The molecule has 1 aromatic carbocycles. The second-order valence-corrected chi connectivity index (χ2v) is 23.1. The third-order valence-electron chi connectivity index (χ3n) is 16.7. The molecule has 8 N–H and O–H groups in total. The van der Waals surface area contributed by atoms with Gasteiger partial charge in [0.1, 0.15) is 41.5 Å². The fourth-order valence-corrected chi connectivity index (χ4v) is 11.4. The number of carbonyl (C=O) groups excluding carboxylic acids is 6. The number of aromatic hydroxyl groups is 1. The Labute approximate surface area is 457 Å². The number of hydrogen-bond acceptors (Lipinski definition) is 13. The molecule has 2 unspecified atom stereocenters. The molecule has 17 heteroatoms. The van der Waals surface area contributed by atoms with E-state index in [0.717, 1.165) is 24.8 Å². The van der Waals surface area contributed by atoms with Gasteiger partial charge in [-0.2, -0.15) is 0 Å². The van der Waals surface area contributed by atoms with Crippen molar-refractivity contribution in [2.24, 2.45) is 47.3 Å². The summed E-state index contributed by atoms with van der Waals surface area (Å²) in [6.45, 7) is 19.0. The smallest absolute Gasteiger partial charge is 0.325 e. The average Bonchev–Trinajstić information content (AvgIpc) is 3.38. The Bertz CT molecular complexity index is 2300. The number of carbonyl (C=O) groups is 6. The highest BCUT2D eigenvalue weighted by Crippen LogP contribution is 2.46. The third kappa shape index (κ3) is 17.1. The van der Waals surface area contributed by atoms with Crippen LogP contribution < -0.4 is 21.4 Å². The first-order valence-corrected chi connectivity index (χ1v) is 28.3. The second-order valence-electron chi connectivity index (χ2n) is 23.1. The highest BCUT2D eigenvalue weighted by molar-refractivity contribution is 5.93. The first-order chi connectivity index (χ1) is 36.5. The van der Waals surface area contributed by atoms with Crippen LogP contribution in [0.1, 0.15) is 145 Å². The zero-order valence-corrected chi connectivity index (χ0v) is 47.3. The number of aliphatic hydroxyl groups excluding tert-OH is 3. The molecule has 3 saturated heterocycles. The molecule has 0 aliphatic carbocycles. The molecule has 1 aromatic rings. The zero-order valence-electron chi connectivity index (χ0n) is 47.3. The molecule has 0 aromatic heterocycles. The molecule has 0 radical (unpaired) electrons. The van der Waals surface area contributed by atoms with Gasteiger partial charge in [0.2, 0.25) is 17.7 Å². The number of cyclic esters (lactones) is 1. The molecule has 5 rings (SSSR count). The van der Waals surface area contributed by atoms with E-state index >= 15 is 0 Å². The van der Waals surface area contributed by atoms with E-state index in [1.165, 1.54) is 30.1 Å². The van der Waals surface area contributed by atoms with Crippen LogP contribution in [0, 0.1) is 47.3 Å². The number of phenols is 1. The van der Waals surface area contributed by atoms with Crippen molar-refractivity contribution in [2.45, 2.75) is 201 Å². The van der Waals surface area contributed by atoms with E-state index in [9.17, 15) is 49.2 Å². The predicted molar refractivity (Wildman–Crippen MR) is 294 cm³/mol. The Morgan fingerprint density at radius 2 is 1.69 bits per heavy atom. The van der Waals surface area contributed by atoms with Crippen LogP contribution in [0.2, 0.25) is 0 Å². The standard InChI is InChI=1S/C60H91N5O12/c1-11-44-31-40(8)60(63-55(44)71)39(7)30-38(6)52(77-60)34-50(69)36(4)20-14-12-15-21-37(5)51-26-17-13-16-25-49(68)42(10)54(70)46(28-27-41(9)66)56(72)62-53(35(2)3)57(73)61-48(33-43-22-18-23-45(67)32-43)58(74)65-29-19-24-47(64-65)59(75)76-51/h12-13,15-18,21-23,25,32,35-36,38-40,42,44,46-54,64,67-70H,11,14,19-20,24,26-31,33-34H2,1-10H3,(H,61,73)(H,62,72)(H,63,71)/b15-12+,17-13+,25-16+,37-21+/t36-,38+,39?,40-,42-,44-,46+,47?,48-,49-,50-,51-,52-,53-,54+,60-/m0/s1. The van der Waals surface area contributed by atoms with Gasteiger partial charge in [0.15, 0.2) is 0 Å². The number of nitrogens with zero attached hydrogens (tertiary/aromatic N) is 1. The van der Waals surface area contributed by atoms with Crippen molar-refractivity contribution in [3.8, 4) is 5.75 Å². The fourth-order valence-electron chi connectivity index (χ4n) is 11.4. The molecule has 4 heterocycles. The van der Waals surface area contributed by atoms with Crippen molar-refractivity contribution in [1.29, 1.82) is 0 Å². The van der Waals surface area contributed by atoms with E-state index in [2.05, 4.69) is 42.1 Å². The van der Waals surface area contributed by atoms with Gasteiger partial charge < -0.3 is 50.6 Å². The molecule has 0 saturated carbocycles. The van der Waals surface area contributed by atoms with Gasteiger partial charge >= 0.3 is 5.97 Å². The van der Waals surface area contributed by atoms with E-state index in [1.54, 1.807) is 51.1 Å². The maximum Gasteiger partial charge on any atom is 0.325 e. The first-order valence-electron chi connectivity index (χ1n) is 28.3. The van der Waals surface area contributed by atoms with Gasteiger partial charge in [-0.1, -0.05) is 110 Å². The Morgan fingerprint density at radius 1 is 0.961 bits per heavy atom. The van der Waals surface area contributed by atoms with Crippen LogP contribution in [0.4, 0.5) is 0 Å². The molecular weight excluding hydrogens is 983 g/mol. The van der Waals surface area contributed by atoms with Gasteiger partial charge in [0.05, 0.1) is 30.3 Å². The number of hydrogen-bond donors (Lipinski definition) is 8. The Kier molecular flexibility index (Phi) is 23.7. The van der Waals surface area contributed by atoms with Gasteiger partial charge in [-0.25, -0.2) is 5.43 Å². The summed E-state index contributed by atoms with van der Waals surface area (Å²) in [7, 11) is 0. The lowest BCUT2D eigenvalue weighted by molar-refractivity contribution is -0.238. The van der Waals surface area contributed by atoms with Crippen LogP contribution in [-0.2, 0) is 44.7 Å². The van der Waals surface area contributed by atoms with Crippen molar-refractivity contribution >= 4 is 35.4 Å². The van der Waals surface area contributed by atoms with Crippen LogP contribution in [0.3, 0.4) is 0 Å². The number of allylic oxidation sites excluding steroid dienone is 5. The summed E-state index contributed by atoms with van der Waals surface area (Å²) in [5.41, 5.74) is 3.59. The molecule has 3 fully saturated rings. The number of ether oxygens (including phenoxy) is 2. The number of ketones is 1. The van der Waals surface area contributed by atoms with Crippen molar-refractivity contribution in [2.75, 3.05) is 6.54 Å². The molecular formula is C60H91N5O12. The molecule has 428 valence electrons. The van der Waals surface area contributed by atoms with Crippen LogP contribution in [-0.4, -0.2) is 122 Å². The molecule has 4 aliphatic rings. The minimum atomic E-state index is -1.43. The molecule has 2 bridgehead atoms. The van der Waals surface area contributed by atoms with E-state index < -0.39 is 89.7 Å². The lowest BCUT2D eigenvalue weighted by atomic mass is 9.70. The number of rotatable bonds is 15. The number of esters is 1. The van der Waals surface area contributed by atoms with Crippen LogP contribution in [0.5, 0.6) is 5.75 Å². The summed E-state index contributed by atoms with van der Waals surface area (Å²) in [6.07, 6.45) is 13.4. The summed E-state index contributed by atoms with van der Waals surface area (Å²) in [6, 6.07) is 2.96. The van der Waals surface area contributed by atoms with E-state index in [-0.39, 0.29) is 85.4 Å². The van der Waals surface area contributed by atoms with Crippen molar-refractivity contribution in [3.05, 3.63) is 77.9 Å². The predicted octanol–water partition coefficient (Wildman–Crippen LogP) is 6.44. The SMILES string of the molecule is CC[C@H]1C[C@H](C)[C@@]2(NC1=O)O[C@@H](C[C@H](O)[C@@H](C)CC/C=C/C=C(\C)[C@@H]1C/C=C/C=C/[C@H](O)[C@H](C)[C@@H](O)[C@@H](CCC(C)=O)C(=O)N[C@@H](C(C)C)C(=O)N[C@@H](Cc3cccc(O)c3)C(=O)N3CCCC(N3)C(=O)O1)[C@H](C)CC2C. The minimum Gasteiger partial charge on any atom is -0.508 e. The van der Waals surface area contributed by atoms with Gasteiger partial charge in [0.25, 0.3) is 5.91 Å². The largest absolute Gasteiger partial charge is 0.508 e. The molecule has 4 aliphatic heterocycles. The van der Waals surface area contributed by atoms with Crippen molar-refractivity contribution in [3.63, 3.8) is 0 Å². The number of nitrogens with one attached hydrogen (secondary N) is 4. The summed E-state index contributed by atoms with van der Waals surface area (Å²) >= 11 is 0. The maximum absolute atomic E-state index is 14.5. The highest BCUT2D eigenvalue weighted by Gasteiger charge is 2.54. The minimum absolute atomic E-state index is 0.0183. The van der Waals surface area contributed by atoms with E-state index in [1.807, 2.05) is 39.0 Å². The lowest BCUT2D eigenvalue weighted by Crippen LogP contribution is -2.67. The van der Waals surface area contributed by atoms with Crippen LogP contribution in [0.15, 0.2) is 72.4 Å². The van der Waals surface area contributed by atoms with Crippen LogP contribution in [0.25, 0.3) is 0 Å². The highest BCUT2D eigenvalue weighted by atomic mass is 16.5. The number of amides is 4. The Hall–Kier alpha value is -5.20. The van der Waals surface area contributed by atoms with Gasteiger partial charge in [0, 0.05) is 55.9 Å². The third-order valence-corrected chi connectivity index (χ3v) is 16.7. The molecule has 17 nitrogen and oxygen atoms in total. The average molecular weight is 1070 g/mol.